The van der Waals surface area contributed by atoms with E-state index in [1.807, 2.05) is 0 Å². The molecule has 0 aromatic rings. The summed E-state index contributed by atoms with van der Waals surface area (Å²) in [5.74, 6) is 0. The number of hydrogen-bond acceptors (Lipinski definition) is 0. The second-order valence-electron chi connectivity index (χ2n) is 1.08. The summed E-state index contributed by atoms with van der Waals surface area (Å²) in [5, 5.41) is 0. The zero-order valence-electron chi connectivity index (χ0n) is 3.41. The van der Waals surface area contributed by atoms with Gasteiger partial charge in [-0.15, -0.1) is 0 Å². The van der Waals surface area contributed by atoms with Gasteiger partial charge in [0.05, 0.1) is 0 Å². The van der Waals surface area contributed by atoms with Gasteiger partial charge >= 0.3 is 80.5 Å². The van der Waals surface area contributed by atoms with Crippen LogP contribution in [0, 0.1) is 0 Å². The summed E-state index contributed by atoms with van der Waals surface area (Å²) in [5.41, 5.74) is 0. The summed E-state index contributed by atoms with van der Waals surface area (Å²) in [6, 6.07) is 0. The van der Waals surface area contributed by atoms with Crippen LogP contribution < -0.4 is 0 Å². The van der Waals surface area contributed by atoms with E-state index in [9.17, 15) is 0 Å². The molecule has 0 spiro atoms. The van der Waals surface area contributed by atoms with Gasteiger partial charge in [0.2, 0.25) is 0 Å². The molecule has 2 unspecified atom stereocenters. The summed E-state index contributed by atoms with van der Waals surface area (Å²) in [4.78, 5) is 0. The molecular formula is C3H5I2Sn+3. The van der Waals surface area contributed by atoms with Crippen molar-refractivity contribution in [2.24, 2.45) is 0 Å². The summed E-state index contributed by atoms with van der Waals surface area (Å²) in [6.07, 6.45) is 0. The number of hydrogen-bond donors (Lipinski definition) is 0. The van der Waals surface area contributed by atoms with E-state index in [0.29, 0.717) is 0 Å². The molecule has 0 radical (unpaired) electrons. The fourth-order valence-corrected chi connectivity index (χ4v) is 0. The third-order valence-corrected chi connectivity index (χ3v) is 6.94. The molecule has 0 N–H and O–H groups in total. The normalized spacial score (nSPS) is 20.2. The molecule has 0 nitrogen and oxygen atoms in total. The molecule has 32 valence electrons. The van der Waals surface area contributed by atoms with E-state index in [-0.39, 0.29) is 0 Å². The molecule has 2 atom stereocenters. The maximum atomic E-state index is 2.46. The van der Waals surface area contributed by atoms with Gasteiger partial charge in [-0.1, -0.05) is 0 Å². The van der Waals surface area contributed by atoms with Gasteiger partial charge in [0.15, 0.2) is 0 Å². The van der Waals surface area contributed by atoms with Gasteiger partial charge < -0.3 is 0 Å². The van der Waals surface area contributed by atoms with Crippen LogP contribution in [-0.2, 0) is 0 Å². The van der Waals surface area contributed by atoms with Crippen LogP contribution in [0.4, 0.5) is 0 Å². The Hall–Kier alpha value is 2.26. The topological polar surface area (TPSA) is 0 Å². The summed E-state index contributed by atoms with van der Waals surface area (Å²) >= 11 is 6.56. The molecule has 0 amide bonds. The van der Waals surface area contributed by atoms with Crippen molar-refractivity contribution in [1.82, 2.24) is 0 Å². The first-order valence-corrected chi connectivity index (χ1v) is 5.77. The van der Waals surface area contributed by atoms with Crippen molar-refractivity contribution in [2.75, 3.05) is 0 Å². The Morgan fingerprint density at radius 1 is 1.50 bits per heavy atom. The zero-order valence-corrected chi connectivity index (χ0v) is 10.6. The molecule has 0 rings (SSSR count). The molecule has 3 heteroatoms. The summed E-state index contributed by atoms with van der Waals surface area (Å²) < 4.78 is 1.75. The van der Waals surface area contributed by atoms with Gasteiger partial charge in [-0.05, 0) is 0 Å². The molecule has 0 heterocycles. The molecular weight excluding hydrogens is 409 g/mol. The van der Waals surface area contributed by atoms with Crippen LogP contribution in [-0.4, -0.2) is 28.4 Å². The van der Waals surface area contributed by atoms with Crippen molar-refractivity contribution in [1.29, 1.82) is 0 Å². The van der Waals surface area contributed by atoms with Crippen LogP contribution in [0.3, 0.4) is 0 Å². The van der Waals surface area contributed by atoms with Crippen LogP contribution in [0.15, 0.2) is 0 Å². The average molecular weight is 414 g/mol. The van der Waals surface area contributed by atoms with Crippen LogP contribution in [0.25, 0.3) is 0 Å². The van der Waals surface area contributed by atoms with Crippen molar-refractivity contribution in [3.8, 4) is 0 Å². The van der Waals surface area contributed by atoms with Gasteiger partial charge in [-0.2, -0.15) is 0 Å². The van der Waals surface area contributed by atoms with E-state index in [1.54, 1.807) is 22.5 Å². The first-order chi connectivity index (χ1) is 2.64. The number of halogens is 2. The van der Waals surface area contributed by atoms with Crippen molar-refractivity contribution in [2.45, 2.75) is 12.8 Å². The van der Waals surface area contributed by atoms with E-state index >= 15 is 0 Å². The SMILES string of the molecule is CC(I)[CH]([Sn+3])I. The Morgan fingerprint density at radius 2 is 1.67 bits per heavy atom. The molecule has 0 fully saturated rings. The van der Waals surface area contributed by atoms with Gasteiger partial charge in [0.25, 0.3) is 0 Å². The fraction of sp³-hybridized carbons (Fsp3) is 1.00. The van der Waals surface area contributed by atoms with Gasteiger partial charge in [0, 0.05) is 0 Å². The third kappa shape index (κ3) is 4.42. The second kappa shape index (κ2) is 4.17. The van der Waals surface area contributed by atoms with Crippen molar-refractivity contribution < 1.29 is 0 Å². The third-order valence-electron chi connectivity index (χ3n) is 0.403. The quantitative estimate of drug-likeness (QED) is 0.349. The fourth-order valence-electron chi connectivity index (χ4n) is 0. The van der Waals surface area contributed by atoms with E-state index in [2.05, 4.69) is 52.1 Å². The zero-order chi connectivity index (χ0) is 5.15. The summed E-state index contributed by atoms with van der Waals surface area (Å²) in [6.45, 7) is 2.24. The van der Waals surface area contributed by atoms with Crippen molar-refractivity contribution in [3.63, 3.8) is 0 Å². The molecule has 0 saturated carbocycles. The van der Waals surface area contributed by atoms with Crippen LogP contribution in [0.2, 0.25) is 0 Å². The molecule has 0 aliphatic carbocycles. The van der Waals surface area contributed by atoms with Gasteiger partial charge in [-0.25, -0.2) is 0 Å². The average Bonchev–Trinajstić information content (AvgIpc) is 1.36. The maximum absolute atomic E-state index is 2.46. The van der Waals surface area contributed by atoms with Crippen LogP contribution >= 0.6 is 45.2 Å². The predicted molar refractivity (Wildman–Crippen MR) is 47.0 cm³/mol. The van der Waals surface area contributed by atoms with Crippen LogP contribution in [0.5, 0.6) is 0 Å². The van der Waals surface area contributed by atoms with Crippen molar-refractivity contribution >= 4 is 67.7 Å². The minimum atomic E-state index is 0.849. The number of rotatable bonds is 1. The number of alkyl halides is 2. The first-order valence-electron chi connectivity index (χ1n) is 1.64. The van der Waals surface area contributed by atoms with E-state index in [0.717, 1.165) is 5.87 Å². The van der Waals surface area contributed by atoms with E-state index < -0.39 is 0 Å². The van der Waals surface area contributed by atoms with E-state index in [4.69, 9.17) is 0 Å². The second-order valence-corrected chi connectivity index (χ2v) is 9.52. The molecule has 6 heavy (non-hydrogen) atoms. The Kier molecular flexibility index (Phi) is 5.74. The molecule has 0 aromatic carbocycles. The van der Waals surface area contributed by atoms with Crippen molar-refractivity contribution in [3.05, 3.63) is 0 Å². The first kappa shape index (κ1) is 8.26. The summed E-state index contributed by atoms with van der Waals surface area (Å²) in [7, 11) is 0. The Balaban J connectivity index is 2.99. The molecule has 0 aromatic heterocycles. The van der Waals surface area contributed by atoms with Gasteiger partial charge in [0.1, 0.15) is 0 Å². The molecule has 0 bridgehead atoms. The molecule has 0 saturated heterocycles. The Morgan fingerprint density at radius 3 is 1.67 bits per heavy atom. The monoisotopic (exact) mass is 415 g/mol. The predicted octanol–water partition coefficient (Wildman–Crippen LogP) is 1.74. The minimum absolute atomic E-state index is 0.849. The molecule has 0 aliphatic rings. The standard InChI is InChI=1S/C3H5I2.Sn/c1-3(5)2-4;/h2-3H,1H3;/q;+3. The van der Waals surface area contributed by atoms with Crippen LogP contribution in [0.1, 0.15) is 6.92 Å². The van der Waals surface area contributed by atoms with E-state index in [1.165, 1.54) is 0 Å². The molecule has 0 aliphatic heterocycles. The van der Waals surface area contributed by atoms with Gasteiger partial charge in [-0.3, -0.25) is 0 Å². The Bertz CT molecular complexity index is 29.8. The Labute approximate surface area is 79.2 Å².